The van der Waals surface area contributed by atoms with Crippen LogP contribution in [0.15, 0.2) is 11.1 Å². The van der Waals surface area contributed by atoms with E-state index in [4.69, 9.17) is 4.74 Å². The van der Waals surface area contributed by atoms with Gasteiger partial charge >= 0.3 is 11.9 Å². The second-order valence-electron chi connectivity index (χ2n) is 22.2. The van der Waals surface area contributed by atoms with Crippen molar-refractivity contribution in [3.8, 4) is 0 Å². The summed E-state index contributed by atoms with van der Waals surface area (Å²) in [5.74, 6) is 1.43. The molecule has 0 aromatic rings. The molecule has 8 atom stereocenters. The highest BCUT2D eigenvalue weighted by atomic mass is 16.5. The van der Waals surface area contributed by atoms with Crippen molar-refractivity contribution in [2.45, 2.75) is 165 Å². The van der Waals surface area contributed by atoms with Crippen LogP contribution in [0.3, 0.4) is 0 Å². The monoisotopic (exact) mass is 763 g/mol. The first-order valence-electron chi connectivity index (χ1n) is 22.4. The third-order valence-electron chi connectivity index (χ3n) is 17.9. The van der Waals surface area contributed by atoms with Gasteiger partial charge in [0.2, 0.25) is 5.91 Å². The van der Waals surface area contributed by atoms with E-state index in [2.05, 4.69) is 58.3 Å². The number of fused-ring (bicyclic) bond motifs is 7. The number of Topliss-reactive ketones (excluding diaryl/α,β-unsaturated/α-hetero) is 1. The highest BCUT2D eigenvalue weighted by Crippen LogP contribution is 2.77. The van der Waals surface area contributed by atoms with Gasteiger partial charge in [-0.25, -0.2) is 0 Å². The fourth-order valence-electron chi connectivity index (χ4n) is 14.4. The molecule has 2 unspecified atom stereocenters. The van der Waals surface area contributed by atoms with Crippen LogP contribution in [-0.4, -0.2) is 77.4 Å². The fraction of sp³-hybridized carbons (Fsp3) is 0.872. The van der Waals surface area contributed by atoms with E-state index in [1.54, 1.807) is 13.8 Å². The Hall–Kier alpha value is -2.22. The number of esters is 1. The Bertz CT molecular complexity index is 1590. The zero-order valence-corrected chi connectivity index (χ0v) is 36.0. The summed E-state index contributed by atoms with van der Waals surface area (Å²) >= 11 is 0. The second kappa shape index (κ2) is 14.3. The Morgan fingerprint density at radius 1 is 0.891 bits per heavy atom. The molecule has 0 aromatic heterocycles. The van der Waals surface area contributed by atoms with Crippen molar-refractivity contribution in [2.75, 3.05) is 32.7 Å². The maximum atomic E-state index is 14.2. The molecule has 0 spiro atoms. The van der Waals surface area contributed by atoms with Crippen LogP contribution >= 0.6 is 0 Å². The van der Waals surface area contributed by atoms with E-state index >= 15 is 0 Å². The Kier molecular flexibility index (Phi) is 10.6. The number of ketones is 1. The lowest BCUT2D eigenvalue weighted by Gasteiger charge is -2.72. The molecular formula is C47H74N2O6. The number of aliphatic carboxylic acids is 1. The number of hydrogen-bond acceptors (Lipinski definition) is 6. The van der Waals surface area contributed by atoms with Gasteiger partial charge in [0.25, 0.3) is 0 Å². The molecule has 1 N–H and O–H groups in total. The molecule has 1 saturated heterocycles. The van der Waals surface area contributed by atoms with Crippen molar-refractivity contribution in [1.82, 2.24) is 9.80 Å². The smallest absolute Gasteiger partial charge is 0.309 e. The van der Waals surface area contributed by atoms with Crippen LogP contribution < -0.4 is 0 Å². The molecule has 8 nitrogen and oxygen atoms in total. The summed E-state index contributed by atoms with van der Waals surface area (Å²) in [5.41, 5.74) is 1.41. The van der Waals surface area contributed by atoms with Gasteiger partial charge in [-0.05, 0) is 162 Å². The molecule has 8 heteroatoms. The van der Waals surface area contributed by atoms with E-state index in [9.17, 15) is 24.3 Å². The van der Waals surface area contributed by atoms with Crippen molar-refractivity contribution in [2.24, 2.45) is 62.1 Å². The zero-order valence-electron chi connectivity index (χ0n) is 36.0. The Morgan fingerprint density at radius 2 is 1.58 bits per heavy atom. The normalized spacial score (nSPS) is 38.6. The summed E-state index contributed by atoms with van der Waals surface area (Å²) in [5, 5.41) is 9.64. The number of ether oxygens (including phenoxy) is 1. The number of rotatable bonds is 12. The van der Waals surface area contributed by atoms with Crippen molar-refractivity contribution >= 4 is 23.6 Å². The third-order valence-corrected chi connectivity index (χ3v) is 17.9. The molecule has 6 aliphatic carbocycles. The number of allylic oxidation sites excluding steroid dienone is 2. The molecule has 7 aliphatic rings. The molecule has 0 radical (unpaired) electrons. The topological polar surface area (TPSA) is 104 Å². The summed E-state index contributed by atoms with van der Waals surface area (Å²) < 4.78 is 6.20. The molecular weight excluding hydrogens is 689 g/mol. The van der Waals surface area contributed by atoms with Crippen molar-refractivity contribution in [3.63, 3.8) is 0 Å². The van der Waals surface area contributed by atoms with Gasteiger partial charge in [-0.3, -0.25) is 24.1 Å². The number of carbonyl (C=O) groups is 4. The molecule has 55 heavy (non-hydrogen) atoms. The SMILES string of the molecule is CC(C)C1=C2[C@H]3CCC4[C@@]5(C)CC[C@H](OC(=O)CC(C)(C)C(=O)O)C(C)(C)C5CC[C@@]4(C)[C@]3(C)CC[C@@]2(CCN(CC2CC2)C(=O)CN2CCCC2)CC1=O. The fourth-order valence-corrected chi connectivity index (χ4v) is 14.4. The minimum absolute atomic E-state index is 0.0721. The molecule has 6 fully saturated rings. The number of likely N-dealkylation sites (tertiary alicyclic amines) is 1. The lowest BCUT2D eigenvalue weighted by molar-refractivity contribution is -0.233. The van der Waals surface area contributed by atoms with Crippen LogP contribution in [0.2, 0.25) is 0 Å². The van der Waals surface area contributed by atoms with Crippen LogP contribution in [-0.2, 0) is 23.9 Å². The van der Waals surface area contributed by atoms with Gasteiger partial charge in [-0.15, -0.1) is 0 Å². The van der Waals surface area contributed by atoms with Gasteiger partial charge in [-0.1, -0.05) is 54.0 Å². The largest absolute Gasteiger partial charge is 0.481 e. The molecule has 0 bridgehead atoms. The highest BCUT2D eigenvalue weighted by molar-refractivity contribution is 6.00. The number of carboxylic acid groups (broad SMARTS) is 1. The van der Waals surface area contributed by atoms with Gasteiger partial charge < -0.3 is 14.7 Å². The average molecular weight is 763 g/mol. The maximum Gasteiger partial charge on any atom is 0.309 e. The number of nitrogens with zero attached hydrogens (tertiary/aromatic N) is 2. The van der Waals surface area contributed by atoms with E-state index in [1.807, 2.05) is 0 Å². The summed E-state index contributed by atoms with van der Waals surface area (Å²) in [6.07, 6.45) is 14.5. The van der Waals surface area contributed by atoms with Crippen LogP contribution in [0.1, 0.15) is 159 Å². The van der Waals surface area contributed by atoms with Crippen LogP contribution in [0, 0.1) is 62.1 Å². The molecule has 1 amide bonds. The Morgan fingerprint density at radius 3 is 2.22 bits per heavy atom. The molecule has 0 aromatic carbocycles. The second-order valence-corrected chi connectivity index (χ2v) is 22.2. The quantitative estimate of drug-likeness (QED) is 0.198. The van der Waals surface area contributed by atoms with E-state index in [0.717, 1.165) is 89.5 Å². The Balaban J connectivity index is 1.13. The van der Waals surface area contributed by atoms with Crippen LogP contribution in [0.25, 0.3) is 0 Å². The maximum absolute atomic E-state index is 14.2. The number of carbonyl (C=O) groups excluding carboxylic acids is 3. The minimum Gasteiger partial charge on any atom is -0.481 e. The number of amides is 1. The van der Waals surface area contributed by atoms with Crippen LogP contribution in [0.4, 0.5) is 0 Å². The molecule has 5 saturated carbocycles. The predicted molar refractivity (Wildman–Crippen MR) is 215 cm³/mol. The summed E-state index contributed by atoms with van der Waals surface area (Å²) in [4.78, 5) is 57.6. The standard InChI is InChI=1S/C47H74N2O6/c1-30(2)39-33(50)26-47(22-25-49(28-31-12-13-31)37(51)29-48-23-10-11-24-48)21-20-45(8)32(40(39)47)14-15-35-44(7)18-17-36(55-38(52)27-42(3,4)41(53)54)43(5,6)34(44)16-19-46(35,45)9/h30-32,34-36H,10-29H2,1-9H3,(H,53,54)/t32-,34?,35?,36+,44+,45-,46-,47-/m1/s1. The summed E-state index contributed by atoms with van der Waals surface area (Å²) in [6, 6.07) is 0. The van der Waals surface area contributed by atoms with Gasteiger partial charge in [0.15, 0.2) is 5.78 Å². The van der Waals surface area contributed by atoms with E-state index in [0.29, 0.717) is 48.3 Å². The van der Waals surface area contributed by atoms with E-state index in [-0.39, 0.29) is 45.5 Å². The molecule has 1 aliphatic heterocycles. The van der Waals surface area contributed by atoms with Crippen molar-refractivity contribution < 1.29 is 29.0 Å². The predicted octanol–water partition coefficient (Wildman–Crippen LogP) is 9.10. The lowest BCUT2D eigenvalue weighted by Crippen LogP contribution is -2.65. The first-order chi connectivity index (χ1) is 25.7. The van der Waals surface area contributed by atoms with Gasteiger partial charge in [0.1, 0.15) is 6.10 Å². The van der Waals surface area contributed by atoms with Gasteiger partial charge in [0, 0.05) is 30.3 Å². The first kappa shape index (κ1) is 41.0. The van der Waals surface area contributed by atoms with Gasteiger partial charge in [0.05, 0.1) is 18.4 Å². The summed E-state index contributed by atoms with van der Waals surface area (Å²) in [7, 11) is 0. The average Bonchev–Trinajstić information content (AvgIpc) is 3.66. The molecule has 308 valence electrons. The Labute approximate surface area is 332 Å². The number of carboxylic acids is 1. The summed E-state index contributed by atoms with van der Waals surface area (Å²) in [6.45, 7) is 24.3. The van der Waals surface area contributed by atoms with E-state index < -0.39 is 17.4 Å². The molecule has 7 rings (SSSR count). The minimum atomic E-state index is -1.15. The third kappa shape index (κ3) is 6.86. The van der Waals surface area contributed by atoms with Crippen molar-refractivity contribution in [1.29, 1.82) is 0 Å². The first-order valence-corrected chi connectivity index (χ1v) is 22.4. The van der Waals surface area contributed by atoms with Crippen LogP contribution in [0.5, 0.6) is 0 Å². The molecule has 1 heterocycles. The zero-order chi connectivity index (χ0) is 39.9. The van der Waals surface area contributed by atoms with E-state index in [1.165, 1.54) is 31.3 Å². The van der Waals surface area contributed by atoms with Crippen molar-refractivity contribution in [3.05, 3.63) is 11.1 Å². The lowest BCUT2D eigenvalue weighted by atomic mass is 9.33. The van der Waals surface area contributed by atoms with Gasteiger partial charge in [-0.2, -0.15) is 0 Å². The number of hydrogen-bond donors (Lipinski definition) is 1. The highest BCUT2D eigenvalue weighted by Gasteiger charge is 2.70.